The number of aromatic nitrogens is 1. The molecule has 1 heterocycles. The van der Waals surface area contributed by atoms with Crippen LogP contribution in [0.3, 0.4) is 0 Å². The van der Waals surface area contributed by atoms with Gasteiger partial charge in [-0.25, -0.2) is 0 Å². The molecule has 13 heavy (non-hydrogen) atoms. The van der Waals surface area contributed by atoms with Crippen LogP contribution in [0, 0.1) is 6.92 Å². The van der Waals surface area contributed by atoms with Crippen LogP contribution in [-0.2, 0) is 6.54 Å². The van der Waals surface area contributed by atoms with Crippen molar-refractivity contribution in [3.8, 4) is 0 Å². The van der Waals surface area contributed by atoms with E-state index in [0.29, 0.717) is 0 Å². The van der Waals surface area contributed by atoms with E-state index in [1.54, 1.807) is 3.71 Å². The molecule has 0 aliphatic heterocycles. The summed E-state index contributed by atoms with van der Waals surface area (Å²) in [4.78, 5) is 7.45. The van der Waals surface area contributed by atoms with Crippen LogP contribution >= 0.6 is 0 Å². The Labute approximate surface area is 86.0 Å². The molecular formula is C11H21NSn. The monoisotopic (exact) mass is 287 g/mol. The van der Waals surface area contributed by atoms with Gasteiger partial charge in [0.15, 0.2) is 0 Å². The molecule has 1 nitrogen and oxygen atoms in total. The molecule has 0 amide bonds. The van der Waals surface area contributed by atoms with Crippen molar-refractivity contribution in [1.29, 1.82) is 0 Å². The molecule has 0 aromatic carbocycles. The van der Waals surface area contributed by atoms with E-state index in [4.69, 9.17) is 0 Å². The molecule has 0 aliphatic carbocycles. The second-order valence-corrected chi connectivity index (χ2v) is 19.1. The van der Waals surface area contributed by atoms with Gasteiger partial charge in [-0.15, -0.1) is 0 Å². The first kappa shape index (κ1) is 11.2. The summed E-state index contributed by atoms with van der Waals surface area (Å²) in [6, 6.07) is 4.62. The van der Waals surface area contributed by atoms with E-state index in [-0.39, 0.29) is 0 Å². The van der Waals surface area contributed by atoms with Crippen LogP contribution in [0.1, 0.15) is 19.0 Å². The van der Waals surface area contributed by atoms with Crippen molar-refractivity contribution in [3.63, 3.8) is 0 Å². The molecular weight excluding hydrogens is 265 g/mol. The molecule has 0 radical (unpaired) electrons. The average Bonchev–Trinajstić information content (AvgIpc) is 2.32. The molecule has 1 aromatic rings. The number of nitrogens with zero attached hydrogens (tertiary/aromatic N) is 1. The fraction of sp³-hybridized carbons (Fsp3) is 0.636. The topological polar surface area (TPSA) is 4.93 Å². The predicted molar refractivity (Wildman–Crippen MR) is 62.4 cm³/mol. The fourth-order valence-corrected chi connectivity index (χ4v) is 6.54. The molecule has 0 N–H and O–H groups in total. The first-order chi connectivity index (χ1) is 5.96. The SMILES string of the molecule is CCCn1c(C)cc[c]1[Sn]([CH3])([CH3])[CH3]. The maximum atomic E-state index is 2.52. The van der Waals surface area contributed by atoms with E-state index < -0.39 is 18.4 Å². The van der Waals surface area contributed by atoms with Crippen LogP contribution in [0.2, 0.25) is 14.8 Å². The third-order valence-electron chi connectivity index (χ3n) is 2.41. The summed E-state index contributed by atoms with van der Waals surface area (Å²) in [5.41, 5.74) is 1.43. The quantitative estimate of drug-likeness (QED) is 0.753. The second kappa shape index (κ2) is 4.07. The summed E-state index contributed by atoms with van der Waals surface area (Å²) in [6.45, 7) is 5.67. The molecule has 0 bridgehead atoms. The van der Waals surface area contributed by atoms with Crippen LogP contribution in [0.4, 0.5) is 0 Å². The van der Waals surface area contributed by atoms with E-state index in [1.807, 2.05) is 0 Å². The van der Waals surface area contributed by atoms with Crippen LogP contribution in [0.5, 0.6) is 0 Å². The van der Waals surface area contributed by atoms with E-state index in [2.05, 4.69) is 45.4 Å². The number of hydrogen-bond donors (Lipinski definition) is 0. The van der Waals surface area contributed by atoms with Crippen molar-refractivity contribution in [1.82, 2.24) is 4.57 Å². The zero-order valence-electron chi connectivity index (χ0n) is 9.52. The molecule has 1 aromatic heterocycles. The normalized spacial score (nSPS) is 12.1. The van der Waals surface area contributed by atoms with Gasteiger partial charge < -0.3 is 0 Å². The molecule has 0 fully saturated rings. The van der Waals surface area contributed by atoms with Crippen LogP contribution < -0.4 is 3.71 Å². The van der Waals surface area contributed by atoms with Crippen LogP contribution in [-0.4, -0.2) is 22.9 Å². The maximum absolute atomic E-state index is 2.52. The molecule has 74 valence electrons. The van der Waals surface area contributed by atoms with Crippen molar-refractivity contribution in [2.45, 2.75) is 41.6 Å². The van der Waals surface area contributed by atoms with Gasteiger partial charge in [-0.05, 0) is 0 Å². The third-order valence-corrected chi connectivity index (χ3v) is 8.05. The van der Waals surface area contributed by atoms with Gasteiger partial charge in [0.25, 0.3) is 0 Å². The van der Waals surface area contributed by atoms with Gasteiger partial charge in [-0.2, -0.15) is 0 Å². The van der Waals surface area contributed by atoms with Gasteiger partial charge >= 0.3 is 86.1 Å². The third kappa shape index (κ3) is 2.52. The van der Waals surface area contributed by atoms with Crippen molar-refractivity contribution >= 4 is 22.1 Å². The summed E-state index contributed by atoms with van der Waals surface area (Å²) < 4.78 is 4.18. The van der Waals surface area contributed by atoms with Crippen LogP contribution in [0.15, 0.2) is 12.1 Å². The molecule has 0 unspecified atom stereocenters. The zero-order valence-corrected chi connectivity index (χ0v) is 12.4. The molecule has 0 spiro atoms. The Morgan fingerprint density at radius 2 is 1.85 bits per heavy atom. The van der Waals surface area contributed by atoms with Gasteiger partial charge in [0, 0.05) is 0 Å². The summed E-state index contributed by atoms with van der Waals surface area (Å²) in [6.07, 6.45) is 1.24. The summed E-state index contributed by atoms with van der Waals surface area (Å²) in [5.74, 6) is 0. The molecule has 0 aliphatic rings. The van der Waals surface area contributed by atoms with Crippen molar-refractivity contribution in [3.05, 3.63) is 17.8 Å². The Bertz CT molecular complexity index is 281. The Balaban J connectivity index is 3.07. The average molecular weight is 286 g/mol. The molecule has 0 atom stereocenters. The molecule has 0 saturated heterocycles. The zero-order chi connectivity index (χ0) is 10.1. The van der Waals surface area contributed by atoms with Crippen LogP contribution in [0.25, 0.3) is 0 Å². The van der Waals surface area contributed by atoms with Gasteiger partial charge in [0.1, 0.15) is 0 Å². The van der Waals surface area contributed by atoms with Crippen molar-refractivity contribution < 1.29 is 0 Å². The van der Waals surface area contributed by atoms with Crippen molar-refractivity contribution in [2.24, 2.45) is 0 Å². The Morgan fingerprint density at radius 1 is 1.23 bits per heavy atom. The van der Waals surface area contributed by atoms with Gasteiger partial charge in [-0.1, -0.05) is 0 Å². The minimum atomic E-state index is -1.85. The Hall–Kier alpha value is 0.0787. The second-order valence-electron chi connectivity index (χ2n) is 4.76. The van der Waals surface area contributed by atoms with Gasteiger partial charge in [0.2, 0.25) is 0 Å². The first-order valence-electron chi connectivity index (χ1n) is 5.13. The van der Waals surface area contributed by atoms with E-state index in [9.17, 15) is 0 Å². The van der Waals surface area contributed by atoms with Crippen molar-refractivity contribution in [2.75, 3.05) is 0 Å². The van der Waals surface area contributed by atoms with Gasteiger partial charge in [0.05, 0.1) is 0 Å². The summed E-state index contributed by atoms with van der Waals surface area (Å²) >= 11 is -1.85. The van der Waals surface area contributed by atoms with E-state index >= 15 is 0 Å². The molecule has 1 rings (SSSR count). The summed E-state index contributed by atoms with van der Waals surface area (Å²) in [7, 11) is 0. The number of aryl methyl sites for hydroxylation is 1. The Morgan fingerprint density at radius 3 is 2.31 bits per heavy atom. The fourth-order valence-electron chi connectivity index (χ4n) is 1.74. The minimum absolute atomic E-state index is 1.20. The van der Waals surface area contributed by atoms with E-state index in [0.717, 1.165) is 0 Å². The number of rotatable bonds is 3. The predicted octanol–water partition coefficient (Wildman–Crippen LogP) is 2.75. The molecule has 0 saturated carbocycles. The number of hydrogen-bond acceptors (Lipinski definition) is 0. The summed E-state index contributed by atoms with van der Waals surface area (Å²) in [5, 5.41) is 0. The Kier molecular flexibility index (Phi) is 3.49. The standard InChI is InChI=1S/C8H12N.3CH3.Sn/c1-3-6-9-7-4-5-8(9)2;;;;/h4-5H,3,6H2,1-2H3;3*1H3;. The first-order valence-corrected chi connectivity index (χ1v) is 15.1. The molecule has 2 heteroatoms. The van der Waals surface area contributed by atoms with Gasteiger partial charge in [-0.3, -0.25) is 0 Å². The van der Waals surface area contributed by atoms with E-state index in [1.165, 1.54) is 18.7 Å².